The van der Waals surface area contributed by atoms with E-state index in [1.54, 1.807) is 11.8 Å². The lowest BCUT2D eigenvalue weighted by atomic mass is 10.1. The normalized spacial score (nSPS) is 20.5. The van der Waals surface area contributed by atoms with Gasteiger partial charge in [0.2, 0.25) is 0 Å². The van der Waals surface area contributed by atoms with Gasteiger partial charge in [-0.25, -0.2) is 4.79 Å². The molecule has 5 heteroatoms. The third kappa shape index (κ3) is 3.56. The van der Waals surface area contributed by atoms with E-state index in [2.05, 4.69) is 33.0 Å². The third-order valence-electron chi connectivity index (χ3n) is 3.80. The summed E-state index contributed by atoms with van der Waals surface area (Å²) in [5.74, 6) is 0.697. The summed E-state index contributed by atoms with van der Waals surface area (Å²) in [4.78, 5) is 14.5. The van der Waals surface area contributed by atoms with Crippen LogP contribution in [0.1, 0.15) is 18.5 Å². The average Bonchev–Trinajstić information content (AvgIpc) is 3.01. The number of thioether (sulfide) groups is 1. The van der Waals surface area contributed by atoms with Crippen molar-refractivity contribution in [3.05, 3.63) is 64.6 Å². The first-order chi connectivity index (χ1) is 11.2. The van der Waals surface area contributed by atoms with Crippen molar-refractivity contribution in [1.82, 2.24) is 0 Å². The van der Waals surface area contributed by atoms with E-state index in [4.69, 9.17) is 4.74 Å². The van der Waals surface area contributed by atoms with Crippen LogP contribution in [0.4, 0.5) is 5.69 Å². The van der Waals surface area contributed by atoms with Crippen LogP contribution in [0, 0.1) is 0 Å². The van der Waals surface area contributed by atoms with Crippen LogP contribution in [0.5, 0.6) is 0 Å². The second kappa shape index (κ2) is 7.41. The first kappa shape index (κ1) is 16.4. The van der Waals surface area contributed by atoms with Gasteiger partial charge >= 0.3 is 5.97 Å². The average molecular weight is 392 g/mol. The minimum Gasteiger partial charge on any atom is -0.464 e. The maximum atomic E-state index is 12.4. The molecule has 0 amide bonds. The molecule has 1 aliphatic rings. The summed E-state index contributed by atoms with van der Waals surface area (Å²) in [6.07, 6.45) is 0. The van der Waals surface area contributed by atoms with Gasteiger partial charge < -0.3 is 9.64 Å². The Balaban J connectivity index is 1.96. The number of esters is 1. The van der Waals surface area contributed by atoms with Gasteiger partial charge in [-0.2, -0.15) is 0 Å². The number of halogens is 1. The lowest BCUT2D eigenvalue weighted by Gasteiger charge is -2.30. The zero-order chi connectivity index (χ0) is 16.2. The lowest BCUT2D eigenvalue weighted by molar-refractivity contribution is -0.142. The largest absolute Gasteiger partial charge is 0.464 e. The van der Waals surface area contributed by atoms with Crippen molar-refractivity contribution >= 4 is 39.3 Å². The molecule has 0 saturated carbocycles. The minimum atomic E-state index is -0.304. The maximum Gasteiger partial charge on any atom is 0.339 e. The second-order valence-corrected chi connectivity index (χ2v) is 7.28. The fourth-order valence-electron chi connectivity index (χ4n) is 2.76. The molecule has 23 heavy (non-hydrogen) atoms. The Hall–Kier alpha value is -1.46. The van der Waals surface area contributed by atoms with Gasteiger partial charge in [0, 0.05) is 15.9 Å². The Morgan fingerprint density at radius 3 is 2.57 bits per heavy atom. The van der Waals surface area contributed by atoms with E-state index in [-0.39, 0.29) is 17.4 Å². The molecule has 0 aromatic heterocycles. The van der Waals surface area contributed by atoms with E-state index in [1.165, 1.54) is 5.56 Å². The highest BCUT2D eigenvalue weighted by molar-refractivity contribution is 9.10. The molecule has 2 aromatic rings. The van der Waals surface area contributed by atoms with E-state index in [9.17, 15) is 4.79 Å². The molecule has 0 aliphatic carbocycles. The van der Waals surface area contributed by atoms with Gasteiger partial charge in [0.25, 0.3) is 0 Å². The third-order valence-corrected chi connectivity index (χ3v) is 5.57. The van der Waals surface area contributed by atoms with Crippen LogP contribution < -0.4 is 4.90 Å². The SMILES string of the molecule is CCOC(=O)C1SCC(c2ccccc2)N1c1ccc(Br)cc1. The fourth-order valence-corrected chi connectivity index (χ4v) is 4.38. The van der Waals surface area contributed by atoms with Crippen molar-refractivity contribution in [2.24, 2.45) is 0 Å². The zero-order valence-electron chi connectivity index (χ0n) is 12.8. The number of nitrogens with zero attached hydrogens (tertiary/aromatic N) is 1. The van der Waals surface area contributed by atoms with E-state index >= 15 is 0 Å². The monoisotopic (exact) mass is 391 g/mol. The van der Waals surface area contributed by atoms with Gasteiger partial charge in [-0.1, -0.05) is 46.3 Å². The molecular formula is C18H18BrNO2S. The van der Waals surface area contributed by atoms with Crippen molar-refractivity contribution < 1.29 is 9.53 Å². The molecule has 2 unspecified atom stereocenters. The highest BCUT2D eigenvalue weighted by atomic mass is 79.9. The number of rotatable bonds is 4. The summed E-state index contributed by atoms with van der Waals surface area (Å²) in [5, 5.41) is -0.304. The molecule has 0 spiro atoms. The van der Waals surface area contributed by atoms with Crippen molar-refractivity contribution in [3.63, 3.8) is 0 Å². The molecule has 1 heterocycles. The highest BCUT2D eigenvalue weighted by Crippen LogP contribution is 2.42. The lowest BCUT2D eigenvalue weighted by Crippen LogP contribution is -2.37. The van der Waals surface area contributed by atoms with Crippen molar-refractivity contribution in [2.45, 2.75) is 18.3 Å². The summed E-state index contributed by atoms with van der Waals surface area (Å²) in [6.45, 7) is 2.25. The van der Waals surface area contributed by atoms with E-state index in [0.29, 0.717) is 6.61 Å². The molecule has 2 atom stereocenters. The second-order valence-electron chi connectivity index (χ2n) is 5.25. The predicted molar refractivity (Wildman–Crippen MR) is 98.7 cm³/mol. The fraction of sp³-hybridized carbons (Fsp3) is 0.278. The van der Waals surface area contributed by atoms with Gasteiger partial charge in [-0.3, -0.25) is 0 Å². The first-order valence-electron chi connectivity index (χ1n) is 7.58. The van der Waals surface area contributed by atoms with E-state index < -0.39 is 0 Å². The molecule has 1 fully saturated rings. The van der Waals surface area contributed by atoms with Crippen LogP contribution in [0.3, 0.4) is 0 Å². The number of ether oxygens (including phenoxy) is 1. The number of carbonyl (C=O) groups excluding carboxylic acids is 1. The van der Waals surface area contributed by atoms with Crippen molar-refractivity contribution in [3.8, 4) is 0 Å². The number of anilines is 1. The predicted octanol–water partition coefficient (Wildman–Crippen LogP) is 4.63. The Morgan fingerprint density at radius 1 is 1.22 bits per heavy atom. The molecule has 2 aromatic carbocycles. The smallest absolute Gasteiger partial charge is 0.339 e. The molecule has 3 nitrogen and oxygen atoms in total. The van der Waals surface area contributed by atoms with Gasteiger partial charge in [0.1, 0.15) is 0 Å². The molecule has 0 N–H and O–H groups in total. The highest BCUT2D eigenvalue weighted by Gasteiger charge is 2.40. The van der Waals surface area contributed by atoms with Crippen LogP contribution in [0.25, 0.3) is 0 Å². The van der Waals surface area contributed by atoms with Crippen LogP contribution >= 0.6 is 27.7 Å². The zero-order valence-corrected chi connectivity index (χ0v) is 15.2. The number of benzene rings is 2. The Labute approximate surface area is 149 Å². The van der Waals surface area contributed by atoms with E-state index in [0.717, 1.165) is 15.9 Å². The molecule has 1 aliphatic heterocycles. The molecular weight excluding hydrogens is 374 g/mol. The van der Waals surface area contributed by atoms with Crippen molar-refractivity contribution in [2.75, 3.05) is 17.3 Å². The van der Waals surface area contributed by atoms with Gasteiger partial charge in [-0.05, 0) is 36.8 Å². The molecule has 0 radical (unpaired) electrons. The van der Waals surface area contributed by atoms with Crippen LogP contribution in [-0.4, -0.2) is 23.7 Å². The standard InChI is InChI=1S/C18H18BrNO2S/c1-2-22-18(21)17-20(15-10-8-14(19)9-11-15)16(12-23-17)13-6-4-3-5-7-13/h3-11,16-17H,2,12H2,1H3. The molecule has 120 valence electrons. The van der Waals surface area contributed by atoms with E-state index in [1.807, 2.05) is 49.4 Å². The molecule has 0 bridgehead atoms. The Kier molecular flexibility index (Phi) is 5.28. The Morgan fingerprint density at radius 2 is 1.91 bits per heavy atom. The maximum absolute atomic E-state index is 12.4. The van der Waals surface area contributed by atoms with Crippen molar-refractivity contribution in [1.29, 1.82) is 0 Å². The topological polar surface area (TPSA) is 29.5 Å². The first-order valence-corrected chi connectivity index (χ1v) is 9.42. The molecule has 3 rings (SSSR count). The quantitative estimate of drug-likeness (QED) is 0.710. The summed E-state index contributed by atoms with van der Waals surface area (Å²) in [6, 6.07) is 18.6. The summed E-state index contributed by atoms with van der Waals surface area (Å²) in [7, 11) is 0. The summed E-state index contributed by atoms with van der Waals surface area (Å²) >= 11 is 5.11. The van der Waals surface area contributed by atoms with Crippen LogP contribution in [0.2, 0.25) is 0 Å². The van der Waals surface area contributed by atoms with Crippen LogP contribution in [0.15, 0.2) is 59.1 Å². The van der Waals surface area contributed by atoms with Gasteiger partial charge in [0.15, 0.2) is 5.37 Å². The number of hydrogen-bond acceptors (Lipinski definition) is 4. The number of hydrogen-bond donors (Lipinski definition) is 0. The summed E-state index contributed by atoms with van der Waals surface area (Å²) in [5.41, 5.74) is 2.25. The number of carbonyl (C=O) groups is 1. The minimum absolute atomic E-state index is 0.164. The summed E-state index contributed by atoms with van der Waals surface area (Å²) < 4.78 is 6.30. The van der Waals surface area contributed by atoms with Crippen LogP contribution in [-0.2, 0) is 9.53 Å². The molecule has 1 saturated heterocycles. The van der Waals surface area contributed by atoms with Gasteiger partial charge in [0.05, 0.1) is 12.6 Å². The van der Waals surface area contributed by atoms with Gasteiger partial charge in [-0.15, -0.1) is 11.8 Å². The Bertz CT molecular complexity index is 662.